The lowest BCUT2D eigenvalue weighted by atomic mass is 10.0. The monoisotopic (exact) mass is 385 g/mol. The number of rotatable bonds is 8. The van der Waals surface area contributed by atoms with Gasteiger partial charge in [0.2, 0.25) is 11.8 Å². The summed E-state index contributed by atoms with van der Waals surface area (Å²) in [5, 5.41) is 5.77. The minimum Gasteiger partial charge on any atom is -0.497 e. The Labute approximate surface area is 163 Å². The summed E-state index contributed by atoms with van der Waals surface area (Å²) in [4.78, 5) is 26.8. The highest BCUT2D eigenvalue weighted by molar-refractivity contribution is 5.93. The number of carbonyl (C=O) groups excluding carboxylic acids is 2. The largest absolute Gasteiger partial charge is 0.497 e. The Hall–Kier alpha value is -2.93. The molecule has 1 aliphatic carbocycles. The third kappa shape index (κ3) is 5.29. The Morgan fingerprint density at radius 1 is 1.14 bits per heavy atom. The van der Waals surface area contributed by atoms with Crippen molar-refractivity contribution < 1.29 is 18.7 Å². The normalized spacial score (nSPS) is 14.4. The number of anilines is 1. The number of likely N-dealkylation sites (N-methyl/N-ethyl adjacent to an activating group) is 1. The second-order valence-electron chi connectivity index (χ2n) is 6.93. The van der Waals surface area contributed by atoms with Crippen LogP contribution in [-0.2, 0) is 9.59 Å². The minimum atomic E-state index is -0.678. The summed E-state index contributed by atoms with van der Waals surface area (Å²) in [6.45, 7) is 0.00611. The van der Waals surface area contributed by atoms with E-state index in [1.165, 1.54) is 12.1 Å². The lowest BCUT2D eigenvalue weighted by molar-refractivity contribution is -0.127. The van der Waals surface area contributed by atoms with Crippen molar-refractivity contribution in [2.45, 2.75) is 24.9 Å². The number of nitrogens with zero attached hydrogens (tertiary/aromatic N) is 1. The fourth-order valence-corrected chi connectivity index (χ4v) is 2.95. The van der Waals surface area contributed by atoms with Crippen molar-refractivity contribution in [2.75, 3.05) is 26.0 Å². The van der Waals surface area contributed by atoms with E-state index in [4.69, 9.17) is 4.74 Å². The van der Waals surface area contributed by atoms with Gasteiger partial charge in [-0.15, -0.1) is 0 Å². The third-order valence-electron chi connectivity index (χ3n) is 4.57. The van der Waals surface area contributed by atoms with Crippen LogP contribution in [0.25, 0.3) is 0 Å². The first-order chi connectivity index (χ1) is 13.5. The van der Waals surface area contributed by atoms with Gasteiger partial charge in [-0.1, -0.05) is 12.1 Å². The Kier molecular flexibility index (Phi) is 6.26. The highest BCUT2D eigenvalue weighted by atomic mass is 19.1. The van der Waals surface area contributed by atoms with Gasteiger partial charge in [0.25, 0.3) is 0 Å². The average Bonchev–Trinajstić information content (AvgIpc) is 3.48. The molecule has 0 aromatic heterocycles. The molecule has 0 heterocycles. The smallest absolute Gasteiger partial charge is 0.242 e. The van der Waals surface area contributed by atoms with Crippen LogP contribution < -0.4 is 15.4 Å². The molecule has 0 spiro atoms. The van der Waals surface area contributed by atoms with Gasteiger partial charge in [0.15, 0.2) is 0 Å². The molecule has 7 heteroatoms. The number of methoxy groups -OCH3 is 1. The summed E-state index contributed by atoms with van der Waals surface area (Å²) in [5.41, 5.74) is 1.28. The van der Waals surface area contributed by atoms with Crippen molar-refractivity contribution in [3.63, 3.8) is 0 Å². The van der Waals surface area contributed by atoms with Crippen LogP contribution in [0.4, 0.5) is 10.1 Å². The maximum absolute atomic E-state index is 13.3. The molecule has 0 bridgehead atoms. The molecule has 1 saturated carbocycles. The average molecular weight is 385 g/mol. The molecule has 0 radical (unpaired) electrons. The van der Waals surface area contributed by atoms with Gasteiger partial charge in [-0.25, -0.2) is 4.39 Å². The number of benzene rings is 2. The fraction of sp³-hybridized carbons (Fsp3) is 0.333. The molecule has 148 valence electrons. The molecule has 1 unspecified atom stereocenters. The van der Waals surface area contributed by atoms with Gasteiger partial charge in [0, 0.05) is 11.7 Å². The summed E-state index contributed by atoms with van der Waals surface area (Å²) in [5.74, 6) is -0.110. The first kappa shape index (κ1) is 19.8. The van der Waals surface area contributed by atoms with E-state index in [9.17, 15) is 14.0 Å². The molecular formula is C21H24FN3O3. The number of hydrogen-bond acceptors (Lipinski definition) is 4. The topological polar surface area (TPSA) is 70.7 Å². The van der Waals surface area contributed by atoms with Gasteiger partial charge in [-0.2, -0.15) is 0 Å². The van der Waals surface area contributed by atoms with Gasteiger partial charge in [0.05, 0.1) is 13.7 Å². The van der Waals surface area contributed by atoms with Crippen LogP contribution in [0, 0.1) is 5.82 Å². The molecule has 0 saturated heterocycles. The zero-order chi connectivity index (χ0) is 20.1. The quantitative estimate of drug-likeness (QED) is 0.733. The molecular weight excluding hydrogens is 361 g/mol. The van der Waals surface area contributed by atoms with E-state index < -0.39 is 6.04 Å². The van der Waals surface area contributed by atoms with Crippen molar-refractivity contribution in [2.24, 2.45) is 0 Å². The van der Waals surface area contributed by atoms with Crippen LogP contribution in [0.15, 0.2) is 48.5 Å². The van der Waals surface area contributed by atoms with Crippen LogP contribution in [0.2, 0.25) is 0 Å². The Morgan fingerprint density at radius 2 is 1.79 bits per heavy atom. The first-order valence-corrected chi connectivity index (χ1v) is 9.16. The summed E-state index contributed by atoms with van der Waals surface area (Å²) < 4.78 is 18.4. The lowest BCUT2D eigenvalue weighted by Crippen LogP contribution is -2.42. The van der Waals surface area contributed by atoms with Gasteiger partial charge >= 0.3 is 0 Å². The molecule has 6 nitrogen and oxygen atoms in total. The van der Waals surface area contributed by atoms with Gasteiger partial charge in [-0.3, -0.25) is 14.5 Å². The highest BCUT2D eigenvalue weighted by Crippen LogP contribution is 2.24. The van der Waals surface area contributed by atoms with E-state index in [0.717, 1.165) is 12.8 Å². The van der Waals surface area contributed by atoms with Crippen LogP contribution in [0.1, 0.15) is 24.4 Å². The van der Waals surface area contributed by atoms with Crippen LogP contribution in [0.3, 0.4) is 0 Å². The molecule has 1 aliphatic rings. The Morgan fingerprint density at radius 3 is 2.36 bits per heavy atom. The second kappa shape index (κ2) is 8.84. The SMILES string of the molecule is COc1ccc(NC(=O)CN(C)C(C(=O)NC2CC2)c2ccc(F)cc2)cc1. The van der Waals surface area contributed by atoms with Crippen molar-refractivity contribution in [3.05, 3.63) is 59.9 Å². The zero-order valence-electron chi connectivity index (χ0n) is 15.9. The summed E-state index contributed by atoms with van der Waals surface area (Å²) in [6, 6.07) is 12.3. The molecule has 2 aromatic carbocycles. The summed E-state index contributed by atoms with van der Waals surface area (Å²) in [6.07, 6.45) is 1.92. The van der Waals surface area contributed by atoms with Crippen LogP contribution in [-0.4, -0.2) is 43.5 Å². The van der Waals surface area contributed by atoms with Crippen LogP contribution in [0.5, 0.6) is 5.75 Å². The molecule has 3 rings (SSSR count). The van der Waals surface area contributed by atoms with E-state index >= 15 is 0 Å². The molecule has 0 aliphatic heterocycles. The molecule has 2 aromatic rings. The number of nitrogens with one attached hydrogen (secondary N) is 2. The van der Waals surface area contributed by atoms with E-state index in [2.05, 4.69) is 10.6 Å². The van der Waals surface area contributed by atoms with Crippen molar-refractivity contribution >= 4 is 17.5 Å². The first-order valence-electron chi connectivity index (χ1n) is 9.16. The zero-order valence-corrected chi connectivity index (χ0v) is 15.9. The number of ether oxygens (including phenoxy) is 1. The lowest BCUT2D eigenvalue weighted by Gasteiger charge is -2.27. The molecule has 2 N–H and O–H groups in total. The maximum Gasteiger partial charge on any atom is 0.242 e. The minimum absolute atomic E-state index is 0.00611. The number of amides is 2. The van der Waals surface area contributed by atoms with Crippen molar-refractivity contribution in [1.82, 2.24) is 10.2 Å². The van der Waals surface area contributed by atoms with E-state index in [1.54, 1.807) is 55.5 Å². The number of carbonyl (C=O) groups is 2. The number of hydrogen-bond donors (Lipinski definition) is 2. The van der Waals surface area contributed by atoms with Crippen molar-refractivity contribution in [1.29, 1.82) is 0 Å². The van der Waals surface area contributed by atoms with Gasteiger partial charge < -0.3 is 15.4 Å². The Balaban J connectivity index is 1.68. The molecule has 1 atom stereocenters. The van der Waals surface area contributed by atoms with Gasteiger partial charge in [0.1, 0.15) is 17.6 Å². The summed E-state index contributed by atoms with van der Waals surface area (Å²) >= 11 is 0. The standard InChI is InChI=1S/C21H24FN3O3/c1-25(13-19(26)23-16-9-11-18(28-2)12-10-16)20(21(27)24-17-7-8-17)14-3-5-15(22)6-4-14/h3-6,9-12,17,20H,7-8,13H2,1-2H3,(H,23,26)(H,24,27). The van der Waals surface area contributed by atoms with Gasteiger partial charge in [-0.05, 0) is 61.9 Å². The highest BCUT2D eigenvalue weighted by Gasteiger charge is 2.31. The summed E-state index contributed by atoms with van der Waals surface area (Å²) in [7, 11) is 3.28. The van der Waals surface area contributed by atoms with Crippen molar-refractivity contribution in [3.8, 4) is 5.75 Å². The molecule has 28 heavy (non-hydrogen) atoms. The predicted octanol–water partition coefficient (Wildman–Crippen LogP) is 2.72. The fourth-order valence-electron chi connectivity index (χ4n) is 2.95. The third-order valence-corrected chi connectivity index (χ3v) is 4.57. The molecule has 1 fully saturated rings. The van der Waals surface area contributed by atoms with E-state index in [-0.39, 0.29) is 30.2 Å². The second-order valence-corrected chi connectivity index (χ2v) is 6.93. The van der Waals surface area contributed by atoms with E-state index in [1.807, 2.05) is 0 Å². The van der Waals surface area contributed by atoms with E-state index in [0.29, 0.717) is 17.0 Å². The predicted molar refractivity (Wildman–Crippen MR) is 105 cm³/mol. The Bertz CT molecular complexity index is 820. The van der Waals surface area contributed by atoms with Crippen LogP contribution >= 0.6 is 0 Å². The number of halogens is 1. The maximum atomic E-state index is 13.3. The molecule has 2 amide bonds.